The number of hydrogen-bond acceptors (Lipinski definition) is 4. The molecule has 0 spiro atoms. The Hall–Kier alpha value is -2.16. The molecular formula is C12H18O6. The Balaban J connectivity index is 0. The fourth-order valence-electron chi connectivity index (χ4n) is 0.674. The van der Waals surface area contributed by atoms with E-state index in [2.05, 4.69) is 34.5 Å². The first kappa shape index (κ1) is 18.2. The van der Waals surface area contributed by atoms with E-state index in [0.717, 1.165) is 12.8 Å². The molecule has 6 heteroatoms. The van der Waals surface area contributed by atoms with Crippen LogP contribution in [0.5, 0.6) is 0 Å². The van der Waals surface area contributed by atoms with Gasteiger partial charge < -0.3 is 19.0 Å². The van der Waals surface area contributed by atoms with Crippen LogP contribution in [0, 0.1) is 11.8 Å². The van der Waals surface area contributed by atoms with Crippen LogP contribution in [-0.4, -0.2) is 16.4 Å². The van der Waals surface area contributed by atoms with E-state index < -0.39 is 12.0 Å². The lowest BCUT2D eigenvalue weighted by Crippen LogP contribution is -1.85. The molecule has 1 aromatic heterocycles. The lowest BCUT2D eigenvalue weighted by molar-refractivity contribution is 0.137. The number of carboxylic acid groups (broad SMARTS) is 2. The van der Waals surface area contributed by atoms with E-state index in [1.54, 1.807) is 0 Å². The van der Waals surface area contributed by atoms with Crippen molar-refractivity contribution in [3.05, 3.63) is 22.6 Å². The maximum Gasteiger partial charge on any atom is 0.518 e. The van der Waals surface area contributed by atoms with Gasteiger partial charge in [-0.2, -0.15) is 0 Å². The lowest BCUT2D eigenvalue weighted by Gasteiger charge is -1.74. The standard InChI is InChI=1S/C6H10.C5H6O3.CH2O3/c1-3-5-6-4-2;1-2-4-3-7-5(6)8-4;2-1(3)4/h3-4H2,1-2H3;3H,2H2,1H3;(H2,2,3,4). The van der Waals surface area contributed by atoms with E-state index in [9.17, 15) is 4.79 Å². The van der Waals surface area contributed by atoms with Crippen molar-refractivity contribution in [1.29, 1.82) is 0 Å². The summed E-state index contributed by atoms with van der Waals surface area (Å²) in [6.07, 6.45) is 2.18. The maximum atomic E-state index is 10.1. The van der Waals surface area contributed by atoms with Gasteiger partial charge in [0.25, 0.3) is 0 Å². The third-order valence-electron chi connectivity index (χ3n) is 1.33. The molecule has 0 aliphatic rings. The monoisotopic (exact) mass is 258 g/mol. The van der Waals surface area contributed by atoms with Gasteiger partial charge in [-0.05, 0) is 0 Å². The topological polar surface area (TPSA) is 101 Å². The minimum atomic E-state index is -1.83. The van der Waals surface area contributed by atoms with Gasteiger partial charge in [-0.15, -0.1) is 11.8 Å². The average Bonchev–Trinajstić information content (AvgIpc) is 2.72. The molecule has 0 radical (unpaired) electrons. The summed E-state index contributed by atoms with van der Waals surface area (Å²) >= 11 is 0. The van der Waals surface area contributed by atoms with Crippen LogP contribution in [0.25, 0.3) is 0 Å². The van der Waals surface area contributed by atoms with Crippen LogP contribution in [0.4, 0.5) is 4.79 Å². The molecule has 1 rings (SSSR count). The molecule has 0 bridgehead atoms. The molecule has 0 aliphatic carbocycles. The van der Waals surface area contributed by atoms with E-state index in [-0.39, 0.29) is 0 Å². The first-order valence-corrected chi connectivity index (χ1v) is 5.42. The van der Waals surface area contributed by atoms with Gasteiger partial charge in [0.05, 0.1) is 0 Å². The van der Waals surface area contributed by atoms with Crippen LogP contribution in [0.2, 0.25) is 0 Å². The third kappa shape index (κ3) is 16.3. The number of rotatable bonds is 1. The molecule has 0 atom stereocenters. The summed E-state index contributed by atoms with van der Waals surface area (Å²) in [7, 11) is 0. The van der Waals surface area contributed by atoms with Gasteiger partial charge in [-0.1, -0.05) is 20.8 Å². The Morgan fingerprint density at radius 2 is 1.67 bits per heavy atom. The highest BCUT2D eigenvalue weighted by molar-refractivity contribution is 5.53. The Bertz CT molecular complexity index is 406. The molecule has 102 valence electrons. The van der Waals surface area contributed by atoms with Crippen LogP contribution >= 0.6 is 0 Å². The molecule has 0 fully saturated rings. The van der Waals surface area contributed by atoms with Crippen molar-refractivity contribution < 1.29 is 23.8 Å². The van der Waals surface area contributed by atoms with Crippen molar-refractivity contribution in [3.8, 4) is 11.8 Å². The Morgan fingerprint density at radius 3 is 1.83 bits per heavy atom. The lowest BCUT2D eigenvalue weighted by atomic mass is 10.4. The second-order valence-corrected chi connectivity index (χ2v) is 2.75. The number of aryl methyl sites for hydroxylation is 1. The molecule has 1 heterocycles. The van der Waals surface area contributed by atoms with Gasteiger partial charge >= 0.3 is 12.0 Å². The summed E-state index contributed by atoms with van der Waals surface area (Å²) < 4.78 is 8.84. The summed E-state index contributed by atoms with van der Waals surface area (Å²) in [5, 5.41) is 13.9. The molecule has 6 nitrogen and oxygen atoms in total. The normalized spacial score (nSPS) is 7.72. The zero-order chi connectivity index (χ0) is 14.4. The maximum absolute atomic E-state index is 10.1. The van der Waals surface area contributed by atoms with Crippen molar-refractivity contribution in [2.75, 3.05) is 0 Å². The molecule has 0 saturated carbocycles. The molecule has 1 aromatic rings. The highest BCUT2D eigenvalue weighted by Crippen LogP contribution is 1.93. The molecule has 2 N–H and O–H groups in total. The van der Waals surface area contributed by atoms with E-state index in [0.29, 0.717) is 12.2 Å². The molecule has 0 aliphatic heterocycles. The SMILES string of the molecule is CCC#CCC.CCc1coc(=O)o1.O=C(O)O. The minimum absolute atomic E-state index is 0.593. The molecule has 0 amide bonds. The summed E-state index contributed by atoms with van der Waals surface area (Å²) in [4.78, 5) is 18.7. The predicted octanol–water partition coefficient (Wildman–Crippen LogP) is 2.83. The molecular weight excluding hydrogens is 240 g/mol. The first-order valence-electron chi connectivity index (χ1n) is 5.42. The van der Waals surface area contributed by atoms with Gasteiger partial charge in [-0.25, -0.2) is 9.59 Å². The summed E-state index contributed by atoms with van der Waals surface area (Å²) in [5.74, 6) is 5.87. The van der Waals surface area contributed by atoms with Crippen LogP contribution in [0.3, 0.4) is 0 Å². The van der Waals surface area contributed by atoms with Gasteiger partial charge in [0.1, 0.15) is 12.0 Å². The smallest absolute Gasteiger partial charge is 0.450 e. The molecule has 18 heavy (non-hydrogen) atoms. The molecule has 0 aromatic carbocycles. The Labute approximate surface area is 105 Å². The first-order chi connectivity index (χ1) is 8.47. The van der Waals surface area contributed by atoms with Gasteiger partial charge in [-0.3, -0.25) is 0 Å². The molecule has 0 unspecified atom stereocenters. The van der Waals surface area contributed by atoms with Crippen LogP contribution in [0.15, 0.2) is 19.9 Å². The van der Waals surface area contributed by atoms with E-state index in [4.69, 9.17) is 15.0 Å². The summed E-state index contributed by atoms with van der Waals surface area (Å²) in [5.41, 5.74) is 0. The largest absolute Gasteiger partial charge is 0.518 e. The van der Waals surface area contributed by atoms with E-state index in [1.165, 1.54) is 6.26 Å². The second-order valence-electron chi connectivity index (χ2n) is 2.75. The van der Waals surface area contributed by atoms with Crippen molar-refractivity contribution in [1.82, 2.24) is 0 Å². The van der Waals surface area contributed by atoms with Crippen LogP contribution < -0.4 is 5.82 Å². The highest BCUT2D eigenvalue weighted by Gasteiger charge is 1.94. The number of carbonyl (C=O) groups is 1. The van der Waals surface area contributed by atoms with Crippen molar-refractivity contribution >= 4 is 6.16 Å². The second kappa shape index (κ2) is 12.9. The van der Waals surface area contributed by atoms with Gasteiger partial charge in [0.2, 0.25) is 0 Å². The number of hydrogen-bond donors (Lipinski definition) is 2. The zero-order valence-corrected chi connectivity index (χ0v) is 10.7. The van der Waals surface area contributed by atoms with Crippen molar-refractivity contribution in [3.63, 3.8) is 0 Å². The third-order valence-corrected chi connectivity index (χ3v) is 1.33. The zero-order valence-electron chi connectivity index (χ0n) is 10.7. The fraction of sp³-hybridized carbons (Fsp3) is 0.500. The summed E-state index contributed by atoms with van der Waals surface area (Å²) in [6, 6.07) is 0. The molecule has 0 saturated heterocycles. The van der Waals surface area contributed by atoms with Gasteiger partial charge in [0, 0.05) is 19.3 Å². The van der Waals surface area contributed by atoms with Crippen molar-refractivity contribution in [2.45, 2.75) is 40.0 Å². The average molecular weight is 258 g/mol. The summed E-state index contributed by atoms with van der Waals surface area (Å²) in [6.45, 7) is 6.00. The Kier molecular flexibility index (Phi) is 13.1. The van der Waals surface area contributed by atoms with Crippen LogP contribution in [-0.2, 0) is 6.42 Å². The quantitative estimate of drug-likeness (QED) is 0.751. The van der Waals surface area contributed by atoms with Crippen molar-refractivity contribution in [2.24, 2.45) is 0 Å². The predicted molar refractivity (Wildman–Crippen MR) is 65.6 cm³/mol. The minimum Gasteiger partial charge on any atom is -0.450 e. The van der Waals surface area contributed by atoms with E-state index >= 15 is 0 Å². The Morgan fingerprint density at radius 1 is 1.22 bits per heavy atom. The van der Waals surface area contributed by atoms with E-state index in [1.807, 2.05) is 6.92 Å². The highest BCUT2D eigenvalue weighted by atomic mass is 16.6. The van der Waals surface area contributed by atoms with Crippen LogP contribution in [0.1, 0.15) is 39.4 Å². The fourth-order valence-corrected chi connectivity index (χ4v) is 0.674. The van der Waals surface area contributed by atoms with Gasteiger partial charge in [0.15, 0.2) is 0 Å².